The molecule has 0 heterocycles. The Kier molecular flexibility index (Phi) is 11.9. The fourth-order valence-electron chi connectivity index (χ4n) is 1.44. The number of hydrogen-bond acceptors (Lipinski definition) is 5. The van der Waals surface area contributed by atoms with Crippen LogP contribution in [0.4, 0.5) is 0 Å². The van der Waals surface area contributed by atoms with Gasteiger partial charge in [0.1, 0.15) is 12.7 Å². The standard InChI is InChI=1S/C13H21NO3.C3H7NO/c1-10(2)14-8-11(15)9-17-13-7-5-4-6-12(13)16-3;1-2-4-3-5/h4-7,10-11,14-15H,8-9H2,1-3H3;3H,2H2,1H3,(H,4,5). The number of carbonyl (C=O) groups is 1. The molecule has 0 bridgehead atoms. The van der Waals surface area contributed by atoms with Crippen LogP contribution in [0.5, 0.6) is 11.5 Å². The monoisotopic (exact) mass is 312 g/mol. The van der Waals surface area contributed by atoms with Gasteiger partial charge in [0.2, 0.25) is 6.41 Å². The summed E-state index contributed by atoms with van der Waals surface area (Å²) in [5.41, 5.74) is 0. The maximum atomic E-state index is 9.69. The number of ether oxygens (including phenoxy) is 2. The Balaban J connectivity index is 0.000000763. The van der Waals surface area contributed by atoms with E-state index in [1.165, 1.54) is 0 Å². The van der Waals surface area contributed by atoms with Crippen molar-refractivity contribution in [2.75, 3.05) is 26.8 Å². The summed E-state index contributed by atoms with van der Waals surface area (Å²) in [6.45, 7) is 7.44. The number of aliphatic hydroxyl groups excluding tert-OH is 1. The normalized spacial score (nSPS) is 11.2. The Morgan fingerprint density at radius 3 is 2.36 bits per heavy atom. The Morgan fingerprint density at radius 1 is 1.27 bits per heavy atom. The first-order valence-electron chi connectivity index (χ1n) is 7.39. The lowest BCUT2D eigenvalue weighted by Crippen LogP contribution is -2.35. The van der Waals surface area contributed by atoms with Crippen molar-refractivity contribution in [3.63, 3.8) is 0 Å². The predicted molar refractivity (Wildman–Crippen MR) is 87.4 cm³/mol. The van der Waals surface area contributed by atoms with Gasteiger partial charge in [-0.2, -0.15) is 0 Å². The predicted octanol–water partition coefficient (Wildman–Crippen LogP) is 1.19. The van der Waals surface area contributed by atoms with Crippen molar-refractivity contribution in [3.05, 3.63) is 24.3 Å². The van der Waals surface area contributed by atoms with E-state index in [1.54, 1.807) is 7.11 Å². The van der Waals surface area contributed by atoms with E-state index in [0.717, 1.165) is 6.54 Å². The summed E-state index contributed by atoms with van der Waals surface area (Å²) < 4.78 is 10.7. The zero-order chi connectivity index (χ0) is 16.8. The molecule has 22 heavy (non-hydrogen) atoms. The molecule has 6 nitrogen and oxygen atoms in total. The Morgan fingerprint density at radius 2 is 1.91 bits per heavy atom. The molecule has 0 aliphatic heterocycles. The minimum absolute atomic E-state index is 0.250. The van der Waals surface area contributed by atoms with Crippen molar-refractivity contribution in [2.45, 2.75) is 32.9 Å². The Labute approximate surface area is 132 Å². The number of nitrogens with one attached hydrogen (secondary N) is 2. The number of amides is 1. The second-order valence-corrected chi connectivity index (χ2v) is 4.85. The molecule has 1 atom stereocenters. The third kappa shape index (κ3) is 10.0. The van der Waals surface area contributed by atoms with Crippen molar-refractivity contribution in [1.29, 1.82) is 0 Å². The van der Waals surface area contributed by atoms with Crippen molar-refractivity contribution < 1.29 is 19.4 Å². The molecule has 0 aliphatic rings. The zero-order valence-corrected chi connectivity index (χ0v) is 13.8. The molecule has 0 aliphatic carbocycles. The topological polar surface area (TPSA) is 79.8 Å². The van der Waals surface area contributed by atoms with Gasteiger partial charge in [0.05, 0.1) is 7.11 Å². The van der Waals surface area contributed by atoms with Crippen LogP contribution < -0.4 is 20.1 Å². The molecule has 1 unspecified atom stereocenters. The number of benzene rings is 1. The highest BCUT2D eigenvalue weighted by Gasteiger charge is 2.08. The number of rotatable bonds is 9. The molecule has 1 rings (SSSR count). The van der Waals surface area contributed by atoms with Gasteiger partial charge in [0.15, 0.2) is 11.5 Å². The molecule has 3 N–H and O–H groups in total. The summed E-state index contributed by atoms with van der Waals surface area (Å²) in [7, 11) is 1.60. The van der Waals surface area contributed by atoms with E-state index in [1.807, 2.05) is 45.0 Å². The van der Waals surface area contributed by atoms with Crippen LogP contribution in [0.1, 0.15) is 20.8 Å². The second-order valence-electron chi connectivity index (χ2n) is 4.85. The first-order chi connectivity index (χ1) is 10.5. The maximum absolute atomic E-state index is 9.69. The van der Waals surface area contributed by atoms with E-state index in [9.17, 15) is 9.90 Å². The molecule has 0 spiro atoms. The summed E-state index contributed by atoms with van der Waals surface area (Å²) in [5, 5.41) is 15.3. The molecule has 0 saturated carbocycles. The molecule has 0 radical (unpaired) electrons. The fourth-order valence-corrected chi connectivity index (χ4v) is 1.44. The first-order valence-corrected chi connectivity index (χ1v) is 7.39. The van der Waals surface area contributed by atoms with Gasteiger partial charge in [-0.1, -0.05) is 26.0 Å². The summed E-state index contributed by atoms with van der Waals surface area (Å²) in [6, 6.07) is 7.75. The quantitative estimate of drug-likeness (QED) is 0.597. The zero-order valence-electron chi connectivity index (χ0n) is 13.8. The summed E-state index contributed by atoms with van der Waals surface area (Å²) >= 11 is 0. The minimum atomic E-state index is -0.526. The highest BCUT2D eigenvalue weighted by atomic mass is 16.5. The average Bonchev–Trinajstić information content (AvgIpc) is 2.52. The van der Waals surface area contributed by atoms with E-state index < -0.39 is 6.10 Å². The number of aliphatic hydroxyl groups is 1. The van der Waals surface area contributed by atoms with Crippen LogP contribution in [0.25, 0.3) is 0 Å². The van der Waals surface area contributed by atoms with Gasteiger partial charge in [-0.05, 0) is 19.1 Å². The van der Waals surface area contributed by atoms with Gasteiger partial charge in [-0.15, -0.1) is 0 Å². The van der Waals surface area contributed by atoms with Gasteiger partial charge in [-0.3, -0.25) is 4.79 Å². The number of methoxy groups -OCH3 is 1. The van der Waals surface area contributed by atoms with Crippen LogP contribution in [0.15, 0.2) is 24.3 Å². The molecule has 1 aromatic carbocycles. The van der Waals surface area contributed by atoms with Crippen LogP contribution in [-0.2, 0) is 4.79 Å². The van der Waals surface area contributed by atoms with Crippen LogP contribution >= 0.6 is 0 Å². The molecule has 1 aromatic rings. The number of hydrogen-bond donors (Lipinski definition) is 3. The molecule has 0 aromatic heterocycles. The maximum Gasteiger partial charge on any atom is 0.207 e. The minimum Gasteiger partial charge on any atom is -0.493 e. The highest BCUT2D eigenvalue weighted by molar-refractivity contribution is 5.45. The van der Waals surface area contributed by atoms with Crippen LogP contribution in [0, 0.1) is 0 Å². The van der Waals surface area contributed by atoms with Crippen molar-refractivity contribution >= 4 is 6.41 Å². The number of carbonyl (C=O) groups excluding carboxylic acids is 1. The van der Waals surface area contributed by atoms with E-state index >= 15 is 0 Å². The molecular formula is C16H28N2O4. The van der Waals surface area contributed by atoms with E-state index in [0.29, 0.717) is 30.5 Å². The third-order valence-electron chi connectivity index (χ3n) is 2.55. The molecule has 6 heteroatoms. The van der Waals surface area contributed by atoms with Crippen molar-refractivity contribution in [3.8, 4) is 11.5 Å². The van der Waals surface area contributed by atoms with Crippen LogP contribution in [-0.4, -0.2) is 50.5 Å². The highest BCUT2D eigenvalue weighted by Crippen LogP contribution is 2.25. The van der Waals surface area contributed by atoms with Crippen LogP contribution in [0.3, 0.4) is 0 Å². The van der Waals surface area contributed by atoms with E-state index in [2.05, 4.69) is 10.6 Å². The Hall–Kier alpha value is -1.79. The molecular weight excluding hydrogens is 284 g/mol. The lowest BCUT2D eigenvalue weighted by molar-refractivity contribution is -0.109. The van der Waals surface area contributed by atoms with Crippen LogP contribution in [0.2, 0.25) is 0 Å². The molecule has 126 valence electrons. The smallest absolute Gasteiger partial charge is 0.207 e. The van der Waals surface area contributed by atoms with Crippen molar-refractivity contribution in [1.82, 2.24) is 10.6 Å². The Bertz CT molecular complexity index is 399. The fraction of sp³-hybridized carbons (Fsp3) is 0.562. The third-order valence-corrected chi connectivity index (χ3v) is 2.55. The molecule has 1 amide bonds. The van der Waals surface area contributed by atoms with Gasteiger partial charge < -0.3 is 25.2 Å². The SMILES string of the molecule is CCNC=O.COc1ccccc1OCC(O)CNC(C)C. The molecule has 0 saturated heterocycles. The van der Waals surface area contributed by atoms with E-state index in [-0.39, 0.29) is 6.61 Å². The number of para-hydroxylation sites is 2. The lowest BCUT2D eigenvalue weighted by Gasteiger charge is -2.16. The van der Waals surface area contributed by atoms with Gasteiger partial charge in [-0.25, -0.2) is 0 Å². The molecule has 0 fully saturated rings. The average molecular weight is 312 g/mol. The lowest BCUT2D eigenvalue weighted by atomic mass is 10.3. The van der Waals surface area contributed by atoms with Gasteiger partial charge >= 0.3 is 0 Å². The van der Waals surface area contributed by atoms with Crippen molar-refractivity contribution in [2.24, 2.45) is 0 Å². The first kappa shape index (κ1) is 20.2. The largest absolute Gasteiger partial charge is 0.493 e. The van der Waals surface area contributed by atoms with Gasteiger partial charge in [0, 0.05) is 19.1 Å². The van der Waals surface area contributed by atoms with Gasteiger partial charge in [0.25, 0.3) is 0 Å². The second kappa shape index (κ2) is 12.9. The summed E-state index contributed by atoms with van der Waals surface area (Å²) in [4.78, 5) is 9.29. The van der Waals surface area contributed by atoms with E-state index in [4.69, 9.17) is 9.47 Å². The summed E-state index contributed by atoms with van der Waals surface area (Å²) in [6.07, 6.45) is 0.155. The summed E-state index contributed by atoms with van der Waals surface area (Å²) in [5.74, 6) is 1.33.